The maximum absolute atomic E-state index is 3.69. The van der Waals surface area contributed by atoms with E-state index in [1.165, 1.54) is 63.8 Å². The van der Waals surface area contributed by atoms with Crippen LogP contribution in [0.2, 0.25) is 0 Å². The van der Waals surface area contributed by atoms with Crippen molar-refractivity contribution in [2.75, 3.05) is 26.2 Å². The Morgan fingerprint density at radius 1 is 1.11 bits per heavy atom. The Bertz CT molecular complexity index is 370. The summed E-state index contributed by atoms with van der Waals surface area (Å²) in [6.07, 6.45) is 6.80. The highest BCUT2D eigenvalue weighted by Crippen LogP contribution is 2.24. The van der Waals surface area contributed by atoms with Gasteiger partial charge in [0.2, 0.25) is 0 Å². The summed E-state index contributed by atoms with van der Waals surface area (Å²) in [5.74, 6) is 0.895. The van der Waals surface area contributed by atoms with Gasteiger partial charge < -0.3 is 10.2 Å². The van der Waals surface area contributed by atoms with Crippen molar-refractivity contribution in [3.63, 3.8) is 0 Å². The maximum Gasteiger partial charge on any atom is 0.0108 e. The summed E-state index contributed by atoms with van der Waals surface area (Å²) >= 11 is 0. The minimum absolute atomic E-state index is 0.805. The summed E-state index contributed by atoms with van der Waals surface area (Å²) in [5.41, 5.74) is 1.48. The molecule has 3 rings (SSSR count). The third kappa shape index (κ3) is 3.58. The summed E-state index contributed by atoms with van der Waals surface area (Å²) < 4.78 is 0. The van der Waals surface area contributed by atoms with Crippen LogP contribution in [0.1, 0.15) is 31.2 Å². The first kappa shape index (κ1) is 13.1. The molecule has 1 N–H and O–H groups in total. The lowest BCUT2D eigenvalue weighted by atomic mass is 9.89. The van der Waals surface area contributed by atoms with E-state index in [9.17, 15) is 0 Å². The molecule has 19 heavy (non-hydrogen) atoms. The van der Waals surface area contributed by atoms with Crippen LogP contribution in [-0.2, 0) is 6.42 Å². The largest absolute Gasteiger partial charge is 0.314 e. The van der Waals surface area contributed by atoms with E-state index < -0.39 is 0 Å². The Morgan fingerprint density at radius 2 is 2.00 bits per heavy atom. The zero-order chi connectivity index (χ0) is 12.9. The number of hydrogen-bond donors (Lipinski definition) is 1. The van der Waals surface area contributed by atoms with E-state index in [1.54, 1.807) is 0 Å². The van der Waals surface area contributed by atoms with Gasteiger partial charge >= 0.3 is 0 Å². The molecule has 2 atom stereocenters. The van der Waals surface area contributed by atoms with Crippen molar-refractivity contribution in [1.82, 2.24) is 10.2 Å². The maximum atomic E-state index is 3.69. The van der Waals surface area contributed by atoms with Crippen LogP contribution >= 0.6 is 0 Å². The molecule has 104 valence electrons. The monoisotopic (exact) mass is 258 g/mol. The summed E-state index contributed by atoms with van der Waals surface area (Å²) in [7, 11) is 0. The predicted molar refractivity (Wildman–Crippen MR) is 80.3 cm³/mol. The quantitative estimate of drug-likeness (QED) is 0.893. The first-order chi connectivity index (χ1) is 9.42. The van der Waals surface area contributed by atoms with Gasteiger partial charge in [-0.3, -0.25) is 0 Å². The number of hydrogen-bond acceptors (Lipinski definition) is 2. The highest BCUT2D eigenvalue weighted by molar-refractivity contribution is 5.14. The summed E-state index contributed by atoms with van der Waals surface area (Å²) in [6, 6.07) is 11.7. The summed E-state index contributed by atoms with van der Waals surface area (Å²) in [4.78, 5) is 2.68. The molecule has 2 saturated heterocycles. The van der Waals surface area contributed by atoms with Crippen LogP contribution in [0.3, 0.4) is 0 Å². The number of benzene rings is 1. The first-order valence-corrected chi connectivity index (χ1v) is 7.91. The van der Waals surface area contributed by atoms with Crippen LogP contribution < -0.4 is 5.32 Å². The Labute approximate surface area is 117 Å². The van der Waals surface area contributed by atoms with Gasteiger partial charge in [-0.05, 0) is 56.7 Å². The lowest BCUT2D eigenvalue weighted by Crippen LogP contribution is -2.44. The van der Waals surface area contributed by atoms with Crippen molar-refractivity contribution in [3.05, 3.63) is 35.9 Å². The molecule has 1 aromatic carbocycles. The fourth-order valence-corrected chi connectivity index (χ4v) is 3.67. The van der Waals surface area contributed by atoms with Crippen LogP contribution in [-0.4, -0.2) is 37.1 Å². The topological polar surface area (TPSA) is 15.3 Å². The average Bonchev–Trinajstić information content (AvgIpc) is 3.01. The second kappa shape index (κ2) is 6.53. The van der Waals surface area contributed by atoms with E-state index in [2.05, 4.69) is 40.5 Å². The fraction of sp³-hybridized carbons (Fsp3) is 0.647. The smallest absolute Gasteiger partial charge is 0.0108 e. The van der Waals surface area contributed by atoms with Crippen LogP contribution in [0, 0.1) is 5.92 Å². The Kier molecular flexibility index (Phi) is 4.52. The second-order valence-electron chi connectivity index (χ2n) is 6.14. The molecule has 2 fully saturated rings. The van der Waals surface area contributed by atoms with Crippen molar-refractivity contribution in [1.29, 1.82) is 0 Å². The third-order valence-corrected chi connectivity index (χ3v) is 4.77. The molecule has 2 unspecified atom stereocenters. The van der Waals surface area contributed by atoms with Crippen LogP contribution in [0.5, 0.6) is 0 Å². The van der Waals surface area contributed by atoms with E-state index in [0.717, 1.165) is 12.0 Å². The number of likely N-dealkylation sites (tertiary alicyclic amines) is 1. The number of piperidine rings is 1. The van der Waals surface area contributed by atoms with Crippen molar-refractivity contribution in [2.45, 2.75) is 38.1 Å². The minimum atomic E-state index is 0.805. The lowest BCUT2D eigenvalue weighted by molar-refractivity contribution is 0.153. The number of nitrogens with one attached hydrogen (secondary N) is 1. The molecule has 0 spiro atoms. The number of nitrogens with zero attached hydrogens (tertiary/aromatic N) is 1. The van der Waals surface area contributed by atoms with E-state index >= 15 is 0 Å². The molecule has 2 aliphatic heterocycles. The molecule has 0 amide bonds. The Morgan fingerprint density at radius 3 is 2.79 bits per heavy atom. The molecule has 1 aromatic rings. The normalized spacial score (nSPS) is 28.6. The molecule has 0 saturated carbocycles. The van der Waals surface area contributed by atoms with Gasteiger partial charge in [0.1, 0.15) is 0 Å². The van der Waals surface area contributed by atoms with Crippen LogP contribution in [0.25, 0.3) is 0 Å². The first-order valence-electron chi connectivity index (χ1n) is 7.91. The molecule has 2 aliphatic rings. The van der Waals surface area contributed by atoms with Gasteiger partial charge in [0.05, 0.1) is 0 Å². The van der Waals surface area contributed by atoms with Crippen LogP contribution in [0.4, 0.5) is 0 Å². The van der Waals surface area contributed by atoms with Crippen LogP contribution in [0.15, 0.2) is 30.3 Å². The minimum Gasteiger partial charge on any atom is -0.314 e. The summed E-state index contributed by atoms with van der Waals surface area (Å²) in [5, 5.41) is 3.69. The van der Waals surface area contributed by atoms with Crippen molar-refractivity contribution >= 4 is 0 Å². The molecule has 0 bridgehead atoms. The Hall–Kier alpha value is -0.860. The van der Waals surface area contributed by atoms with Crippen molar-refractivity contribution < 1.29 is 0 Å². The molecule has 2 nitrogen and oxygen atoms in total. The van der Waals surface area contributed by atoms with E-state index in [0.29, 0.717) is 0 Å². The molecule has 2 heterocycles. The zero-order valence-corrected chi connectivity index (χ0v) is 11.9. The van der Waals surface area contributed by atoms with E-state index in [4.69, 9.17) is 0 Å². The number of rotatable bonds is 4. The van der Waals surface area contributed by atoms with Gasteiger partial charge in [0.25, 0.3) is 0 Å². The molecule has 2 heteroatoms. The standard InChI is InChI=1S/C17H26N2/c1-2-6-15(7-3-1)10-13-19-12-5-8-16(14-19)17-9-4-11-18-17/h1-3,6-7,16-18H,4-5,8-14H2. The Balaban J connectivity index is 1.48. The molecule has 0 radical (unpaired) electrons. The fourth-order valence-electron chi connectivity index (χ4n) is 3.67. The highest BCUT2D eigenvalue weighted by atomic mass is 15.1. The average molecular weight is 258 g/mol. The highest BCUT2D eigenvalue weighted by Gasteiger charge is 2.28. The van der Waals surface area contributed by atoms with Gasteiger partial charge in [-0.25, -0.2) is 0 Å². The third-order valence-electron chi connectivity index (χ3n) is 4.77. The van der Waals surface area contributed by atoms with Crippen molar-refractivity contribution in [3.8, 4) is 0 Å². The van der Waals surface area contributed by atoms with E-state index in [-0.39, 0.29) is 0 Å². The van der Waals surface area contributed by atoms with Gasteiger partial charge in [-0.2, -0.15) is 0 Å². The summed E-state index contributed by atoms with van der Waals surface area (Å²) in [6.45, 7) is 5.08. The van der Waals surface area contributed by atoms with Crippen molar-refractivity contribution in [2.24, 2.45) is 5.92 Å². The molecular formula is C17H26N2. The van der Waals surface area contributed by atoms with E-state index in [1.807, 2.05) is 0 Å². The molecule has 0 aliphatic carbocycles. The zero-order valence-electron chi connectivity index (χ0n) is 11.9. The lowest BCUT2D eigenvalue weighted by Gasteiger charge is -2.35. The van der Waals surface area contributed by atoms with Gasteiger partial charge in [0, 0.05) is 19.1 Å². The van der Waals surface area contributed by atoms with Gasteiger partial charge in [-0.1, -0.05) is 30.3 Å². The van der Waals surface area contributed by atoms with Gasteiger partial charge in [0.15, 0.2) is 0 Å². The van der Waals surface area contributed by atoms with Gasteiger partial charge in [-0.15, -0.1) is 0 Å². The molecule has 0 aromatic heterocycles. The molecular weight excluding hydrogens is 232 g/mol. The predicted octanol–water partition coefficient (Wildman–Crippen LogP) is 2.69. The SMILES string of the molecule is c1ccc(CCN2CCCC(C3CCCN3)C2)cc1. The second-order valence-corrected chi connectivity index (χ2v) is 6.14.